The predicted octanol–water partition coefficient (Wildman–Crippen LogP) is 0.807. The highest BCUT2D eigenvalue weighted by atomic mass is 35.5. The van der Waals surface area contributed by atoms with Crippen molar-refractivity contribution in [2.75, 3.05) is 19.6 Å². The normalized spacial score (nSPS) is 18.7. The van der Waals surface area contributed by atoms with E-state index < -0.39 is 10.0 Å². The molecule has 8 heteroatoms. The molecule has 1 aromatic carbocycles. The van der Waals surface area contributed by atoms with Gasteiger partial charge in [0, 0.05) is 31.2 Å². The van der Waals surface area contributed by atoms with Crippen LogP contribution in [0.3, 0.4) is 0 Å². The molecule has 1 aliphatic heterocycles. The van der Waals surface area contributed by atoms with E-state index in [1.54, 1.807) is 24.8 Å². The first-order valence-electron chi connectivity index (χ1n) is 6.87. The van der Waals surface area contributed by atoms with Crippen molar-refractivity contribution >= 4 is 28.3 Å². The molecule has 1 unspecified atom stereocenters. The van der Waals surface area contributed by atoms with Crippen LogP contribution in [0.1, 0.15) is 28.4 Å². The number of primary sulfonamides is 1. The average molecular weight is 348 g/mol. The number of rotatable bonds is 2. The Balaban J connectivity index is 0.00000242. The molecular weight excluding hydrogens is 326 g/mol. The fourth-order valence-corrected chi connectivity index (χ4v) is 3.42. The van der Waals surface area contributed by atoms with Crippen LogP contribution in [0, 0.1) is 13.8 Å². The minimum absolute atomic E-state index is 0. The van der Waals surface area contributed by atoms with Crippen LogP contribution in [0.4, 0.5) is 0 Å². The van der Waals surface area contributed by atoms with Crippen molar-refractivity contribution in [1.82, 2.24) is 10.2 Å². The van der Waals surface area contributed by atoms with E-state index in [0.717, 1.165) is 12.1 Å². The van der Waals surface area contributed by atoms with Gasteiger partial charge in [0.05, 0.1) is 4.90 Å². The Morgan fingerprint density at radius 2 is 2.00 bits per heavy atom. The third kappa shape index (κ3) is 3.98. The minimum atomic E-state index is -3.84. The van der Waals surface area contributed by atoms with E-state index in [1.165, 1.54) is 6.07 Å². The van der Waals surface area contributed by atoms with Gasteiger partial charge < -0.3 is 10.2 Å². The molecule has 1 amide bonds. The zero-order valence-corrected chi connectivity index (χ0v) is 14.6. The summed E-state index contributed by atoms with van der Waals surface area (Å²) in [5.41, 5.74) is 1.70. The summed E-state index contributed by atoms with van der Waals surface area (Å²) in [4.78, 5) is 14.3. The number of aryl methyl sites for hydroxylation is 1. The number of amides is 1. The van der Waals surface area contributed by atoms with Gasteiger partial charge in [-0.15, -0.1) is 12.4 Å². The molecule has 0 spiro atoms. The first kappa shape index (κ1) is 18.9. The summed E-state index contributed by atoms with van der Waals surface area (Å²) in [7, 11) is -3.84. The lowest BCUT2D eigenvalue weighted by molar-refractivity contribution is 0.0708. The molecule has 0 bridgehead atoms. The van der Waals surface area contributed by atoms with Gasteiger partial charge >= 0.3 is 0 Å². The maximum Gasteiger partial charge on any atom is 0.254 e. The third-order valence-electron chi connectivity index (χ3n) is 3.83. The molecule has 1 saturated heterocycles. The standard InChI is InChI=1S/C14H21N3O3S.ClH/c1-9-6-12(7-13(11(9)3)21(15,19)20)14(18)17-5-4-16-10(2)8-17;/h6-7,10,16H,4-5,8H2,1-3H3,(H2,15,19,20);1H. The summed E-state index contributed by atoms with van der Waals surface area (Å²) >= 11 is 0. The molecule has 0 saturated carbocycles. The van der Waals surface area contributed by atoms with E-state index in [9.17, 15) is 13.2 Å². The Labute approximate surface area is 137 Å². The molecule has 124 valence electrons. The highest BCUT2D eigenvalue weighted by molar-refractivity contribution is 7.89. The maximum absolute atomic E-state index is 12.6. The number of piperazine rings is 1. The molecule has 3 N–H and O–H groups in total. The zero-order valence-electron chi connectivity index (χ0n) is 12.9. The number of hydrogen-bond acceptors (Lipinski definition) is 4. The summed E-state index contributed by atoms with van der Waals surface area (Å²) < 4.78 is 23.3. The minimum Gasteiger partial charge on any atom is -0.336 e. The number of sulfonamides is 1. The number of benzene rings is 1. The van der Waals surface area contributed by atoms with E-state index in [-0.39, 0.29) is 29.3 Å². The second-order valence-corrected chi connectivity index (χ2v) is 7.10. The third-order valence-corrected chi connectivity index (χ3v) is 4.87. The maximum atomic E-state index is 12.6. The number of halogens is 1. The van der Waals surface area contributed by atoms with Crippen LogP contribution in [-0.4, -0.2) is 44.9 Å². The lowest BCUT2D eigenvalue weighted by Crippen LogP contribution is -2.51. The molecule has 6 nitrogen and oxygen atoms in total. The summed E-state index contributed by atoms with van der Waals surface area (Å²) in [6.07, 6.45) is 0. The quantitative estimate of drug-likeness (QED) is 0.827. The molecule has 0 aromatic heterocycles. The molecule has 22 heavy (non-hydrogen) atoms. The van der Waals surface area contributed by atoms with Gasteiger partial charge in [-0.2, -0.15) is 0 Å². The Bertz CT molecular complexity index is 676. The first-order chi connectivity index (χ1) is 9.70. The Hall–Kier alpha value is -1.15. The van der Waals surface area contributed by atoms with Gasteiger partial charge in [-0.1, -0.05) is 0 Å². The largest absolute Gasteiger partial charge is 0.336 e. The summed E-state index contributed by atoms with van der Waals surface area (Å²) in [6.45, 7) is 7.43. The van der Waals surface area contributed by atoms with Crippen LogP contribution in [0.15, 0.2) is 17.0 Å². The van der Waals surface area contributed by atoms with Crippen molar-refractivity contribution in [2.24, 2.45) is 5.14 Å². The van der Waals surface area contributed by atoms with Crippen LogP contribution < -0.4 is 10.5 Å². The van der Waals surface area contributed by atoms with Crippen molar-refractivity contribution in [3.05, 3.63) is 28.8 Å². The van der Waals surface area contributed by atoms with E-state index in [0.29, 0.717) is 24.2 Å². The van der Waals surface area contributed by atoms with Crippen molar-refractivity contribution < 1.29 is 13.2 Å². The van der Waals surface area contributed by atoms with Gasteiger partial charge in [0.2, 0.25) is 10.0 Å². The van der Waals surface area contributed by atoms with Crippen molar-refractivity contribution in [3.63, 3.8) is 0 Å². The number of nitrogens with zero attached hydrogens (tertiary/aromatic N) is 1. The number of carbonyl (C=O) groups is 1. The molecule has 1 aromatic rings. The van der Waals surface area contributed by atoms with E-state index in [2.05, 4.69) is 5.32 Å². The van der Waals surface area contributed by atoms with Gasteiger partial charge in [0.25, 0.3) is 5.91 Å². The topological polar surface area (TPSA) is 92.5 Å². The highest BCUT2D eigenvalue weighted by Gasteiger charge is 2.24. The smallest absolute Gasteiger partial charge is 0.254 e. The van der Waals surface area contributed by atoms with E-state index in [1.807, 2.05) is 6.92 Å². The number of carbonyl (C=O) groups excluding carboxylic acids is 1. The monoisotopic (exact) mass is 347 g/mol. The number of nitrogens with two attached hydrogens (primary N) is 1. The van der Waals surface area contributed by atoms with Crippen LogP contribution in [0.5, 0.6) is 0 Å². The van der Waals surface area contributed by atoms with E-state index in [4.69, 9.17) is 5.14 Å². The van der Waals surface area contributed by atoms with Gasteiger partial charge in [-0.3, -0.25) is 4.79 Å². The molecule has 1 fully saturated rings. The molecule has 2 rings (SSSR count). The Morgan fingerprint density at radius 3 is 2.55 bits per heavy atom. The fourth-order valence-electron chi connectivity index (χ4n) is 2.55. The van der Waals surface area contributed by atoms with Crippen molar-refractivity contribution in [3.8, 4) is 0 Å². The van der Waals surface area contributed by atoms with Crippen molar-refractivity contribution in [2.45, 2.75) is 31.7 Å². The second kappa shape index (κ2) is 6.95. The molecule has 0 radical (unpaired) electrons. The van der Waals surface area contributed by atoms with Gasteiger partial charge in [0.15, 0.2) is 0 Å². The SMILES string of the molecule is Cc1cc(C(=O)N2CCNC(C)C2)cc(S(N)(=O)=O)c1C.Cl. The van der Waals surface area contributed by atoms with Gasteiger partial charge in [-0.25, -0.2) is 13.6 Å². The molecule has 1 aliphatic rings. The summed E-state index contributed by atoms with van der Waals surface area (Å²) in [6, 6.07) is 3.33. The Kier molecular flexibility index (Phi) is 5.97. The molecule has 1 atom stereocenters. The highest BCUT2D eigenvalue weighted by Crippen LogP contribution is 2.21. The molecular formula is C14H22ClN3O3S. The number of hydrogen-bond donors (Lipinski definition) is 2. The van der Waals surface area contributed by atoms with Crippen LogP contribution in [-0.2, 0) is 10.0 Å². The zero-order chi connectivity index (χ0) is 15.8. The second-order valence-electron chi connectivity index (χ2n) is 5.57. The molecule has 0 aliphatic carbocycles. The predicted molar refractivity (Wildman–Crippen MR) is 87.9 cm³/mol. The van der Waals surface area contributed by atoms with Crippen LogP contribution in [0.2, 0.25) is 0 Å². The summed E-state index contributed by atoms with van der Waals surface area (Å²) in [5.74, 6) is -0.156. The van der Waals surface area contributed by atoms with Crippen molar-refractivity contribution in [1.29, 1.82) is 0 Å². The fraction of sp³-hybridized carbons (Fsp3) is 0.500. The lowest BCUT2D eigenvalue weighted by Gasteiger charge is -2.32. The number of nitrogens with one attached hydrogen (secondary N) is 1. The molecule has 1 heterocycles. The van der Waals surface area contributed by atoms with Crippen LogP contribution >= 0.6 is 12.4 Å². The first-order valence-corrected chi connectivity index (χ1v) is 8.41. The van der Waals surface area contributed by atoms with E-state index >= 15 is 0 Å². The van der Waals surface area contributed by atoms with Crippen LogP contribution in [0.25, 0.3) is 0 Å². The average Bonchev–Trinajstić information content (AvgIpc) is 2.39. The Morgan fingerprint density at radius 1 is 1.36 bits per heavy atom. The van der Waals surface area contributed by atoms with Gasteiger partial charge in [-0.05, 0) is 44.0 Å². The van der Waals surface area contributed by atoms with Gasteiger partial charge in [0.1, 0.15) is 0 Å². The lowest BCUT2D eigenvalue weighted by atomic mass is 10.0. The summed E-state index contributed by atoms with van der Waals surface area (Å²) in [5, 5.41) is 8.50.